The highest BCUT2D eigenvalue weighted by atomic mass is 79.9. The zero-order valence-electron chi connectivity index (χ0n) is 10.1. The van der Waals surface area contributed by atoms with Gasteiger partial charge in [0.05, 0.1) is 4.90 Å². The molecule has 1 unspecified atom stereocenters. The van der Waals surface area contributed by atoms with Gasteiger partial charge >= 0.3 is 0 Å². The summed E-state index contributed by atoms with van der Waals surface area (Å²) in [6, 6.07) is 7.00. The van der Waals surface area contributed by atoms with E-state index in [9.17, 15) is 8.42 Å². The van der Waals surface area contributed by atoms with Crippen LogP contribution in [0.4, 0.5) is 0 Å². The number of hydrogen-bond acceptors (Lipinski definition) is 2. The second-order valence-electron chi connectivity index (χ2n) is 4.09. The Morgan fingerprint density at radius 1 is 1.35 bits per heavy atom. The molecule has 1 N–H and O–H groups in total. The lowest BCUT2D eigenvalue weighted by Gasteiger charge is -2.09. The van der Waals surface area contributed by atoms with Crippen LogP contribution in [0.5, 0.6) is 0 Å². The molecular weight excluding hydrogens is 302 g/mol. The van der Waals surface area contributed by atoms with Gasteiger partial charge in [0, 0.05) is 11.4 Å². The van der Waals surface area contributed by atoms with E-state index in [1.807, 2.05) is 6.07 Å². The third kappa shape index (κ3) is 4.77. The molecule has 0 aliphatic rings. The maximum atomic E-state index is 12.0. The third-order valence-corrected chi connectivity index (χ3v) is 4.53. The molecule has 0 spiro atoms. The van der Waals surface area contributed by atoms with Crippen molar-refractivity contribution in [3.63, 3.8) is 0 Å². The van der Waals surface area contributed by atoms with E-state index in [0.29, 0.717) is 16.3 Å². The van der Waals surface area contributed by atoms with Crippen molar-refractivity contribution in [1.82, 2.24) is 4.72 Å². The highest BCUT2D eigenvalue weighted by Gasteiger charge is 2.15. The Morgan fingerprint density at radius 2 is 2.00 bits per heavy atom. The van der Waals surface area contributed by atoms with Gasteiger partial charge in [-0.15, -0.1) is 0 Å². The van der Waals surface area contributed by atoms with Crippen molar-refractivity contribution < 1.29 is 8.42 Å². The quantitative estimate of drug-likeness (QED) is 0.647. The van der Waals surface area contributed by atoms with Gasteiger partial charge in [0.15, 0.2) is 0 Å². The molecule has 0 saturated heterocycles. The monoisotopic (exact) mass is 319 g/mol. The van der Waals surface area contributed by atoms with Crippen LogP contribution in [0.25, 0.3) is 0 Å². The lowest BCUT2D eigenvalue weighted by molar-refractivity contribution is 0.576. The van der Waals surface area contributed by atoms with Crippen molar-refractivity contribution in [3.05, 3.63) is 29.8 Å². The van der Waals surface area contributed by atoms with Crippen molar-refractivity contribution in [3.8, 4) is 0 Å². The first-order valence-electron chi connectivity index (χ1n) is 5.63. The summed E-state index contributed by atoms with van der Waals surface area (Å²) < 4.78 is 26.6. The molecule has 0 saturated carbocycles. The summed E-state index contributed by atoms with van der Waals surface area (Å²) in [5.74, 6) is 0. The van der Waals surface area contributed by atoms with Gasteiger partial charge in [0.2, 0.25) is 10.0 Å². The standard InChI is InChI=1S/C12H18BrNO2S/c1-10-6-3-4-8-12(10)17(15,16)14-9-5-7-11(2)13/h3-4,6,8,11,14H,5,7,9H2,1-2H3. The summed E-state index contributed by atoms with van der Waals surface area (Å²) in [6.45, 7) is 4.33. The van der Waals surface area contributed by atoms with Gasteiger partial charge in [-0.1, -0.05) is 41.1 Å². The summed E-state index contributed by atoms with van der Waals surface area (Å²) in [5, 5.41) is 0. The summed E-state index contributed by atoms with van der Waals surface area (Å²) in [5.41, 5.74) is 0.772. The normalized spacial score (nSPS) is 13.6. The third-order valence-electron chi connectivity index (χ3n) is 2.45. The SMILES string of the molecule is Cc1ccccc1S(=O)(=O)NCCCC(C)Br. The van der Waals surface area contributed by atoms with Gasteiger partial charge in [-0.3, -0.25) is 0 Å². The molecule has 3 nitrogen and oxygen atoms in total. The van der Waals surface area contributed by atoms with Crippen LogP contribution >= 0.6 is 15.9 Å². The number of sulfonamides is 1. The molecule has 17 heavy (non-hydrogen) atoms. The van der Waals surface area contributed by atoms with Crippen LogP contribution in [0.1, 0.15) is 25.3 Å². The molecule has 96 valence electrons. The average molecular weight is 320 g/mol. The summed E-state index contributed by atoms with van der Waals surface area (Å²) in [6.07, 6.45) is 1.79. The largest absolute Gasteiger partial charge is 0.240 e. The Morgan fingerprint density at radius 3 is 2.59 bits per heavy atom. The van der Waals surface area contributed by atoms with Crippen LogP contribution in [-0.4, -0.2) is 19.8 Å². The number of aryl methyl sites for hydroxylation is 1. The van der Waals surface area contributed by atoms with E-state index in [2.05, 4.69) is 27.6 Å². The average Bonchev–Trinajstić information content (AvgIpc) is 2.24. The van der Waals surface area contributed by atoms with Crippen molar-refractivity contribution in [2.45, 2.75) is 36.4 Å². The Balaban J connectivity index is 2.61. The van der Waals surface area contributed by atoms with Gasteiger partial charge in [0.25, 0.3) is 0 Å². The molecule has 0 heterocycles. The van der Waals surface area contributed by atoms with Crippen molar-refractivity contribution in [1.29, 1.82) is 0 Å². The molecule has 0 fully saturated rings. The Bertz CT molecular complexity index is 457. The number of nitrogens with one attached hydrogen (secondary N) is 1. The Labute approximate surface area is 112 Å². The van der Waals surface area contributed by atoms with E-state index in [1.165, 1.54) is 0 Å². The number of halogens is 1. The zero-order valence-corrected chi connectivity index (χ0v) is 12.5. The van der Waals surface area contributed by atoms with E-state index < -0.39 is 10.0 Å². The molecule has 1 aromatic rings. The van der Waals surface area contributed by atoms with Crippen LogP contribution in [-0.2, 0) is 10.0 Å². The summed E-state index contributed by atoms with van der Waals surface area (Å²) in [7, 11) is -3.35. The number of hydrogen-bond donors (Lipinski definition) is 1. The Hall–Kier alpha value is -0.390. The predicted molar refractivity (Wildman–Crippen MR) is 74.0 cm³/mol. The second-order valence-corrected chi connectivity index (χ2v) is 7.38. The van der Waals surface area contributed by atoms with Gasteiger partial charge in [-0.05, 0) is 31.4 Å². The number of rotatable bonds is 6. The minimum atomic E-state index is -3.35. The molecule has 0 amide bonds. The van der Waals surface area contributed by atoms with Gasteiger partial charge in [-0.2, -0.15) is 0 Å². The molecule has 1 aromatic carbocycles. The minimum Gasteiger partial charge on any atom is -0.211 e. The highest BCUT2D eigenvalue weighted by molar-refractivity contribution is 9.09. The van der Waals surface area contributed by atoms with Crippen LogP contribution in [0.15, 0.2) is 29.2 Å². The zero-order chi connectivity index (χ0) is 12.9. The molecule has 0 aliphatic heterocycles. The van der Waals surface area contributed by atoms with Gasteiger partial charge in [0.1, 0.15) is 0 Å². The smallest absolute Gasteiger partial charge is 0.211 e. The second kappa shape index (κ2) is 6.52. The first-order valence-corrected chi connectivity index (χ1v) is 8.03. The van der Waals surface area contributed by atoms with Crippen molar-refractivity contribution in [2.24, 2.45) is 0 Å². The molecule has 0 bridgehead atoms. The summed E-state index contributed by atoms with van der Waals surface area (Å²) >= 11 is 3.43. The van der Waals surface area contributed by atoms with Crippen molar-refractivity contribution in [2.75, 3.05) is 6.54 Å². The van der Waals surface area contributed by atoms with Crippen LogP contribution < -0.4 is 4.72 Å². The fourth-order valence-electron chi connectivity index (χ4n) is 1.53. The Kier molecular flexibility index (Phi) is 5.62. The molecule has 1 rings (SSSR count). The molecule has 0 aromatic heterocycles. The fourth-order valence-corrected chi connectivity index (χ4v) is 3.17. The lowest BCUT2D eigenvalue weighted by Crippen LogP contribution is -2.25. The van der Waals surface area contributed by atoms with Crippen LogP contribution in [0.2, 0.25) is 0 Å². The van der Waals surface area contributed by atoms with E-state index in [-0.39, 0.29) is 0 Å². The molecule has 1 atom stereocenters. The minimum absolute atomic E-state index is 0.367. The van der Waals surface area contributed by atoms with E-state index in [4.69, 9.17) is 0 Å². The van der Waals surface area contributed by atoms with E-state index >= 15 is 0 Å². The van der Waals surface area contributed by atoms with Gasteiger partial charge < -0.3 is 0 Å². The summed E-state index contributed by atoms with van der Waals surface area (Å²) in [4.78, 5) is 0.789. The molecule has 0 radical (unpaired) electrons. The highest BCUT2D eigenvalue weighted by Crippen LogP contribution is 2.14. The maximum absolute atomic E-state index is 12.0. The lowest BCUT2D eigenvalue weighted by atomic mass is 10.2. The molecular formula is C12H18BrNO2S. The first-order chi connectivity index (χ1) is 7.93. The van der Waals surface area contributed by atoms with Crippen LogP contribution in [0.3, 0.4) is 0 Å². The van der Waals surface area contributed by atoms with Gasteiger partial charge in [-0.25, -0.2) is 13.1 Å². The predicted octanol–water partition coefficient (Wildman–Crippen LogP) is 2.84. The number of benzene rings is 1. The van der Waals surface area contributed by atoms with E-state index in [0.717, 1.165) is 18.4 Å². The first kappa shape index (κ1) is 14.7. The topological polar surface area (TPSA) is 46.2 Å². The molecule has 5 heteroatoms. The molecule has 0 aliphatic carbocycles. The fraction of sp³-hybridized carbons (Fsp3) is 0.500. The number of alkyl halides is 1. The maximum Gasteiger partial charge on any atom is 0.240 e. The van der Waals surface area contributed by atoms with E-state index in [1.54, 1.807) is 25.1 Å². The van der Waals surface area contributed by atoms with Crippen LogP contribution in [0, 0.1) is 6.92 Å². The van der Waals surface area contributed by atoms with Crippen molar-refractivity contribution >= 4 is 26.0 Å².